The first-order valence-corrected chi connectivity index (χ1v) is 6.42. The molecule has 0 radical (unpaired) electrons. The molecule has 0 saturated heterocycles. The fourth-order valence-corrected chi connectivity index (χ4v) is 2.72. The van der Waals surface area contributed by atoms with Gasteiger partial charge in [0.05, 0.1) is 0 Å². The number of para-hydroxylation sites is 2. The van der Waals surface area contributed by atoms with Crippen molar-refractivity contribution in [1.82, 2.24) is 0 Å². The molecule has 0 fully saturated rings. The lowest BCUT2D eigenvalue weighted by Crippen LogP contribution is -2.14. The monoisotopic (exact) mass is 253 g/mol. The van der Waals surface area contributed by atoms with E-state index in [2.05, 4.69) is 17.4 Å². The molecule has 0 atom stereocenters. The quantitative estimate of drug-likeness (QED) is 0.876. The third-order valence-corrected chi connectivity index (χ3v) is 3.59. The molecule has 3 nitrogen and oxygen atoms in total. The van der Waals surface area contributed by atoms with E-state index in [0.29, 0.717) is 6.42 Å². The number of fused-ring (bicyclic) bond motifs is 2. The van der Waals surface area contributed by atoms with Gasteiger partial charge in [-0.1, -0.05) is 36.4 Å². The van der Waals surface area contributed by atoms with Crippen LogP contribution in [-0.4, -0.2) is 11.1 Å². The molecule has 0 saturated carbocycles. The first-order chi connectivity index (χ1) is 9.25. The maximum Gasteiger partial charge on any atom is 0.303 e. The summed E-state index contributed by atoms with van der Waals surface area (Å²) in [6.07, 6.45) is 0.818. The van der Waals surface area contributed by atoms with E-state index >= 15 is 0 Å². The number of anilines is 2. The number of rotatable bonds is 3. The molecule has 0 spiro atoms. The maximum atomic E-state index is 10.9. The SMILES string of the molecule is O=C(O)CCC1c2ccccc2Nc2ccccc21. The Morgan fingerprint density at radius 1 is 1.00 bits per heavy atom. The Balaban J connectivity index is 2.03. The van der Waals surface area contributed by atoms with Gasteiger partial charge in [0.15, 0.2) is 0 Å². The molecule has 3 heteroatoms. The van der Waals surface area contributed by atoms with Crippen LogP contribution in [-0.2, 0) is 4.79 Å². The highest BCUT2D eigenvalue weighted by Crippen LogP contribution is 2.43. The van der Waals surface area contributed by atoms with Gasteiger partial charge in [0.2, 0.25) is 0 Å². The summed E-state index contributed by atoms with van der Waals surface area (Å²) in [6, 6.07) is 16.2. The summed E-state index contributed by atoms with van der Waals surface area (Å²) in [5.41, 5.74) is 4.53. The van der Waals surface area contributed by atoms with Crippen molar-refractivity contribution in [3.63, 3.8) is 0 Å². The van der Waals surface area contributed by atoms with Crippen molar-refractivity contribution in [2.45, 2.75) is 18.8 Å². The largest absolute Gasteiger partial charge is 0.481 e. The summed E-state index contributed by atoms with van der Waals surface area (Å²) in [4.78, 5) is 10.9. The zero-order valence-electron chi connectivity index (χ0n) is 10.5. The Kier molecular flexibility index (Phi) is 2.95. The van der Waals surface area contributed by atoms with E-state index in [1.54, 1.807) is 0 Å². The number of hydrogen-bond donors (Lipinski definition) is 2. The average molecular weight is 253 g/mol. The topological polar surface area (TPSA) is 49.3 Å². The van der Waals surface area contributed by atoms with Gasteiger partial charge in [-0.25, -0.2) is 0 Å². The molecule has 0 aliphatic carbocycles. The zero-order valence-corrected chi connectivity index (χ0v) is 10.5. The van der Waals surface area contributed by atoms with E-state index in [0.717, 1.165) is 11.4 Å². The molecule has 2 N–H and O–H groups in total. The third-order valence-electron chi connectivity index (χ3n) is 3.59. The molecule has 1 aliphatic heterocycles. The van der Waals surface area contributed by atoms with E-state index < -0.39 is 5.97 Å². The van der Waals surface area contributed by atoms with Crippen LogP contribution in [0.4, 0.5) is 11.4 Å². The molecule has 0 amide bonds. The zero-order chi connectivity index (χ0) is 13.2. The van der Waals surface area contributed by atoms with Crippen molar-refractivity contribution in [2.75, 3.05) is 5.32 Å². The molecule has 0 bridgehead atoms. The van der Waals surface area contributed by atoms with Crippen molar-refractivity contribution >= 4 is 17.3 Å². The normalized spacial score (nSPS) is 13.3. The Hall–Kier alpha value is -2.29. The lowest BCUT2D eigenvalue weighted by molar-refractivity contribution is -0.137. The van der Waals surface area contributed by atoms with Gasteiger partial charge in [0.25, 0.3) is 0 Å². The molecule has 96 valence electrons. The van der Waals surface area contributed by atoms with Crippen molar-refractivity contribution < 1.29 is 9.90 Å². The number of carboxylic acid groups (broad SMARTS) is 1. The van der Waals surface area contributed by atoms with Crippen molar-refractivity contribution in [2.24, 2.45) is 0 Å². The summed E-state index contributed by atoms with van der Waals surface area (Å²) in [5.74, 6) is -0.585. The Labute approximate surface area is 111 Å². The fourth-order valence-electron chi connectivity index (χ4n) is 2.72. The minimum Gasteiger partial charge on any atom is -0.481 e. The van der Waals surface area contributed by atoms with Gasteiger partial charge >= 0.3 is 5.97 Å². The lowest BCUT2D eigenvalue weighted by atomic mass is 9.83. The molecule has 2 aromatic carbocycles. The van der Waals surface area contributed by atoms with Crippen LogP contribution in [0.15, 0.2) is 48.5 Å². The molecule has 19 heavy (non-hydrogen) atoms. The molecule has 1 heterocycles. The molecular weight excluding hydrogens is 238 g/mol. The van der Waals surface area contributed by atoms with Gasteiger partial charge in [-0.2, -0.15) is 0 Å². The summed E-state index contributed by atoms with van der Waals surface area (Å²) < 4.78 is 0. The van der Waals surface area contributed by atoms with Gasteiger partial charge in [-0.05, 0) is 29.7 Å². The highest BCUT2D eigenvalue weighted by atomic mass is 16.4. The third kappa shape index (κ3) is 2.19. The van der Waals surface area contributed by atoms with E-state index in [9.17, 15) is 4.79 Å². The van der Waals surface area contributed by atoms with Gasteiger partial charge in [-0.15, -0.1) is 0 Å². The Morgan fingerprint density at radius 3 is 2.05 bits per heavy atom. The van der Waals surface area contributed by atoms with Crippen LogP contribution in [0.5, 0.6) is 0 Å². The highest BCUT2D eigenvalue weighted by Gasteiger charge is 2.25. The van der Waals surface area contributed by atoms with Crippen LogP contribution in [0, 0.1) is 0 Å². The van der Waals surface area contributed by atoms with Crippen LogP contribution in [0.2, 0.25) is 0 Å². The second-order valence-corrected chi connectivity index (χ2v) is 4.78. The smallest absolute Gasteiger partial charge is 0.303 e. The van der Waals surface area contributed by atoms with Gasteiger partial charge in [0, 0.05) is 23.7 Å². The van der Waals surface area contributed by atoms with Gasteiger partial charge in [0.1, 0.15) is 0 Å². The first kappa shape index (κ1) is 11.8. The second kappa shape index (κ2) is 4.76. The summed E-state index contributed by atoms with van der Waals surface area (Å²) >= 11 is 0. The highest BCUT2D eigenvalue weighted by molar-refractivity contribution is 5.74. The van der Waals surface area contributed by atoms with Crippen LogP contribution < -0.4 is 5.32 Å². The van der Waals surface area contributed by atoms with Crippen molar-refractivity contribution in [3.8, 4) is 0 Å². The standard InChI is InChI=1S/C16H15NO2/c18-16(19)10-9-11-12-5-1-3-7-14(12)17-15-8-4-2-6-13(11)15/h1-8,11,17H,9-10H2,(H,18,19). The van der Waals surface area contributed by atoms with Gasteiger partial charge in [-0.3, -0.25) is 4.79 Å². The van der Waals surface area contributed by atoms with Crippen molar-refractivity contribution in [1.29, 1.82) is 0 Å². The van der Waals surface area contributed by atoms with Crippen LogP contribution in [0.1, 0.15) is 29.9 Å². The van der Waals surface area contributed by atoms with E-state index in [1.165, 1.54) is 11.1 Å². The minimum absolute atomic E-state index is 0.157. The fraction of sp³-hybridized carbons (Fsp3) is 0.188. The summed E-state index contributed by atoms with van der Waals surface area (Å²) in [6.45, 7) is 0. The molecule has 0 aromatic heterocycles. The lowest BCUT2D eigenvalue weighted by Gasteiger charge is -2.29. The van der Waals surface area contributed by atoms with Gasteiger partial charge < -0.3 is 10.4 Å². The molecular formula is C16H15NO2. The molecule has 1 aliphatic rings. The maximum absolute atomic E-state index is 10.9. The van der Waals surface area contributed by atoms with E-state index in [1.807, 2.05) is 36.4 Å². The van der Waals surface area contributed by atoms with Crippen LogP contribution >= 0.6 is 0 Å². The van der Waals surface area contributed by atoms with Crippen LogP contribution in [0.3, 0.4) is 0 Å². The average Bonchev–Trinajstić information content (AvgIpc) is 2.43. The predicted molar refractivity (Wildman–Crippen MR) is 74.9 cm³/mol. The number of carbonyl (C=O) groups is 1. The Bertz CT molecular complexity index is 576. The number of nitrogens with one attached hydrogen (secondary N) is 1. The van der Waals surface area contributed by atoms with E-state index in [4.69, 9.17) is 5.11 Å². The summed E-state index contributed by atoms with van der Waals surface area (Å²) in [7, 11) is 0. The summed E-state index contributed by atoms with van der Waals surface area (Å²) in [5, 5.41) is 12.3. The molecule has 3 rings (SSSR count). The minimum atomic E-state index is -0.742. The first-order valence-electron chi connectivity index (χ1n) is 6.42. The Morgan fingerprint density at radius 2 is 1.53 bits per heavy atom. The van der Waals surface area contributed by atoms with Crippen LogP contribution in [0.25, 0.3) is 0 Å². The number of benzene rings is 2. The number of aliphatic carboxylic acids is 1. The van der Waals surface area contributed by atoms with E-state index in [-0.39, 0.29) is 12.3 Å². The number of hydrogen-bond acceptors (Lipinski definition) is 2. The van der Waals surface area contributed by atoms with Crippen molar-refractivity contribution in [3.05, 3.63) is 59.7 Å². The number of carboxylic acids is 1. The molecule has 0 unspecified atom stereocenters. The predicted octanol–water partition coefficient (Wildman–Crippen LogP) is 3.74. The molecule has 2 aromatic rings. The second-order valence-electron chi connectivity index (χ2n) is 4.78.